The van der Waals surface area contributed by atoms with Gasteiger partial charge in [0.05, 0.1) is 6.07 Å². The summed E-state index contributed by atoms with van der Waals surface area (Å²) >= 11 is 5.98. The van der Waals surface area contributed by atoms with Crippen LogP contribution in [0.4, 0.5) is 0 Å². The van der Waals surface area contributed by atoms with Gasteiger partial charge in [0.1, 0.15) is 5.15 Å². The summed E-state index contributed by atoms with van der Waals surface area (Å²) in [4.78, 5) is 16.3. The summed E-state index contributed by atoms with van der Waals surface area (Å²) in [6.07, 6.45) is 2.11. The van der Waals surface area contributed by atoms with Crippen LogP contribution in [-0.2, 0) is 5.41 Å². The molecule has 0 saturated heterocycles. The molecule has 20 heavy (non-hydrogen) atoms. The standard InChI is InChI=1S/C15H20ClN3O/c1-15(2,3)12-9-11(10-13(16)19-12)14(20)18-8-6-4-5-7-17/h9-10H,4-6,8H2,1-3H3,(H,18,20). The monoisotopic (exact) mass is 293 g/mol. The van der Waals surface area contributed by atoms with Crippen molar-refractivity contribution < 1.29 is 4.79 Å². The van der Waals surface area contributed by atoms with E-state index in [-0.39, 0.29) is 11.3 Å². The second-order valence-electron chi connectivity index (χ2n) is 5.68. The normalized spacial score (nSPS) is 10.9. The molecule has 0 spiro atoms. The molecule has 4 nitrogen and oxygen atoms in total. The summed E-state index contributed by atoms with van der Waals surface area (Å²) in [7, 11) is 0. The van der Waals surface area contributed by atoms with E-state index in [1.165, 1.54) is 0 Å². The highest BCUT2D eigenvalue weighted by atomic mass is 35.5. The number of carbonyl (C=O) groups is 1. The summed E-state index contributed by atoms with van der Waals surface area (Å²) < 4.78 is 0. The maximum absolute atomic E-state index is 12.0. The Hall–Kier alpha value is -1.60. The fraction of sp³-hybridized carbons (Fsp3) is 0.533. The molecule has 1 rings (SSSR count). The Kier molecular flexibility index (Phi) is 5.97. The molecule has 1 amide bonds. The molecule has 1 aromatic heterocycles. The second-order valence-corrected chi connectivity index (χ2v) is 6.07. The Morgan fingerprint density at radius 1 is 1.40 bits per heavy atom. The van der Waals surface area contributed by atoms with Crippen molar-refractivity contribution in [2.45, 2.75) is 45.4 Å². The number of rotatable bonds is 5. The lowest BCUT2D eigenvalue weighted by Crippen LogP contribution is -2.25. The van der Waals surface area contributed by atoms with Crippen molar-refractivity contribution in [2.24, 2.45) is 0 Å². The molecule has 0 aliphatic heterocycles. The predicted molar refractivity (Wildman–Crippen MR) is 79.7 cm³/mol. The van der Waals surface area contributed by atoms with Gasteiger partial charge in [0.2, 0.25) is 0 Å². The zero-order chi connectivity index (χ0) is 15.2. The number of nitrogens with zero attached hydrogens (tertiary/aromatic N) is 2. The van der Waals surface area contributed by atoms with E-state index >= 15 is 0 Å². The Balaban J connectivity index is 2.69. The smallest absolute Gasteiger partial charge is 0.251 e. The maximum atomic E-state index is 12.0. The number of amides is 1. The first-order valence-corrected chi connectivity index (χ1v) is 7.05. The predicted octanol–water partition coefficient (Wildman–Crippen LogP) is 3.46. The number of nitriles is 1. The van der Waals surface area contributed by atoms with Crippen LogP contribution >= 0.6 is 11.6 Å². The van der Waals surface area contributed by atoms with Crippen LogP contribution in [0.3, 0.4) is 0 Å². The number of hydrogen-bond acceptors (Lipinski definition) is 3. The van der Waals surface area contributed by atoms with E-state index in [2.05, 4.69) is 16.4 Å². The Morgan fingerprint density at radius 3 is 2.70 bits per heavy atom. The van der Waals surface area contributed by atoms with Crippen LogP contribution in [0.5, 0.6) is 0 Å². The third-order valence-corrected chi connectivity index (χ3v) is 3.02. The maximum Gasteiger partial charge on any atom is 0.251 e. The Morgan fingerprint density at radius 2 is 2.10 bits per heavy atom. The molecule has 108 valence electrons. The molecule has 0 unspecified atom stereocenters. The molecule has 1 heterocycles. The molecular weight excluding hydrogens is 274 g/mol. The molecular formula is C15H20ClN3O. The van der Waals surface area contributed by atoms with Crippen LogP contribution in [0, 0.1) is 11.3 Å². The number of nitrogens with one attached hydrogen (secondary N) is 1. The van der Waals surface area contributed by atoms with Gasteiger partial charge < -0.3 is 5.32 Å². The topological polar surface area (TPSA) is 65.8 Å². The fourth-order valence-corrected chi connectivity index (χ4v) is 1.85. The number of aromatic nitrogens is 1. The van der Waals surface area contributed by atoms with Crippen LogP contribution in [0.25, 0.3) is 0 Å². The van der Waals surface area contributed by atoms with E-state index in [1.807, 2.05) is 20.8 Å². The molecule has 5 heteroatoms. The third kappa shape index (κ3) is 5.18. The zero-order valence-electron chi connectivity index (χ0n) is 12.2. The van der Waals surface area contributed by atoms with Crippen LogP contribution in [0.15, 0.2) is 12.1 Å². The number of hydrogen-bond donors (Lipinski definition) is 1. The minimum absolute atomic E-state index is 0.156. The highest BCUT2D eigenvalue weighted by Crippen LogP contribution is 2.23. The zero-order valence-corrected chi connectivity index (χ0v) is 12.9. The van der Waals surface area contributed by atoms with E-state index in [4.69, 9.17) is 16.9 Å². The van der Waals surface area contributed by atoms with Gasteiger partial charge in [-0.25, -0.2) is 4.98 Å². The van der Waals surface area contributed by atoms with Gasteiger partial charge in [-0.15, -0.1) is 0 Å². The van der Waals surface area contributed by atoms with Crippen LogP contribution < -0.4 is 5.32 Å². The van der Waals surface area contributed by atoms with Gasteiger partial charge in [-0.1, -0.05) is 32.4 Å². The van der Waals surface area contributed by atoms with Crippen molar-refractivity contribution in [3.8, 4) is 6.07 Å². The van der Waals surface area contributed by atoms with Gasteiger partial charge in [0.15, 0.2) is 0 Å². The SMILES string of the molecule is CC(C)(C)c1cc(C(=O)NCCCCC#N)cc(Cl)n1. The van der Waals surface area contributed by atoms with Gasteiger partial charge in [0, 0.05) is 29.6 Å². The lowest BCUT2D eigenvalue weighted by Gasteiger charge is -2.18. The molecule has 0 atom stereocenters. The van der Waals surface area contributed by atoms with Gasteiger partial charge in [-0.3, -0.25) is 4.79 Å². The molecule has 0 saturated carbocycles. The summed E-state index contributed by atoms with van der Waals surface area (Å²) in [5.41, 5.74) is 1.15. The lowest BCUT2D eigenvalue weighted by molar-refractivity contribution is 0.0953. The third-order valence-electron chi connectivity index (χ3n) is 2.83. The molecule has 0 radical (unpaired) electrons. The second kappa shape index (κ2) is 7.25. The van der Waals surface area contributed by atoms with E-state index in [0.29, 0.717) is 23.7 Å². The summed E-state index contributed by atoms with van der Waals surface area (Å²) in [5, 5.41) is 11.6. The van der Waals surface area contributed by atoms with Crippen molar-refractivity contribution in [2.75, 3.05) is 6.54 Å². The van der Waals surface area contributed by atoms with Gasteiger partial charge in [-0.2, -0.15) is 5.26 Å². The van der Waals surface area contributed by atoms with E-state index < -0.39 is 0 Å². The van der Waals surface area contributed by atoms with Crippen molar-refractivity contribution in [3.05, 3.63) is 28.5 Å². The lowest BCUT2D eigenvalue weighted by atomic mass is 9.91. The molecule has 0 bridgehead atoms. The largest absolute Gasteiger partial charge is 0.352 e. The molecule has 0 fully saturated rings. The average Bonchev–Trinajstić information content (AvgIpc) is 2.36. The van der Waals surface area contributed by atoms with Crippen molar-refractivity contribution in [1.82, 2.24) is 10.3 Å². The van der Waals surface area contributed by atoms with Crippen molar-refractivity contribution >= 4 is 17.5 Å². The minimum atomic E-state index is -0.160. The van der Waals surface area contributed by atoms with Crippen LogP contribution in [0.2, 0.25) is 5.15 Å². The first-order valence-electron chi connectivity index (χ1n) is 6.68. The van der Waals surface area contributed by atoms with E-state index in [0.717, 1.165) is 18.5 Å². The average molecular weight is 294 g/mol. The Bertz CT molecular complexity index is 515. The summed E-state index contributed by atoms with van der Waals surface area (Å²) in [6, 6.07) is 5.43. The summed E-state index contributed by atoms with van der Waals surface area (Å²) in [5.74, 6) is -0.156. The number of unbranched alkanes of at least 4 members (excludes halogenated alkanes) is 2. The molecule has 1 aromatic rings. The minimum Gasteiger partial charge on any atom is -0.352 e. The van der Waals surface area contributed by atoms with Crippen LogP contribution in [-0.4, -0.2) is 17.4 Å². The van der Waals surface area contributed by atoms with Crippen LogP contribution in [0.1, 0.15) is 56.1 Å². The molecule has 0 aliphatic rings. The summed E-state index contributed by atoms with van der Waals surface area (Å²) in [6.45, 7) is 6.63. The van der Waals surface area contributed by atoms with E-state index in [1.54, 1.807) is 12.1 Å². The number of pyridine rings is 1. The fourth-order valence-electron chi connectivity index (χ4n) is 1.65. The van der Waals surface area contributed by atoms with Gasteiger partial charge >= 0.3 is 0 Å². The molecule has 1 N–H and O–H groups in total. The highest BCUT2D eigenvalue weighted by Gasteiger charge is 2.18. The molecule has 0 aliphatic carbocycles. The quantitative estimate of drug-likeness (QED) is 0.668. The number of halogens is 1. The van der Waals surface area contributed by atoms with Crippen molar-refractivity contribution in [3.63, 3.8) is 0 Å². The Labute approximate surface area is 125 Å². The highest BCUT2D eigenvalue weighted by molar-refractivity contribution is 6.29. The molecule has 0 aromatic carbocycles. The van der Waals surface area contributed by atoms with Crippen molar-refractivity contribution in [1.29, 1.82) is 5.26 Å². The van der Waals surface area contributed by atoms with Gasteiger partial charge in [-0.05, 0) is 25.0 Å². The number of carbonyl (C=O) groups excluding carboxylic acids is 1. The first-order chi connectivity index (χ1) is 9.34. The van der Waals surface area contributed by atoms with E-state index in [9.17, 15) is 4.79 Å². The van der Waals surface area contributed by atoms with Gasteiger partial charge in [0.25, 0.3) is 5.91 Å². The first kappa shape index (κ1) is 16.5.